The molecule has 1 unspecified atom stereocenters. The van der Waals surface area contributed by atoms with E-state index in [9.17, 15) is 4.79 Å². The van der Waals surface area contributed by atoms with Gasteiger partial charge in [-0.25, -0.2) is 0 Å². The van der Waals surface area contributed by atoms with Gasteiger partial charge in [0.2, 0.25) is 0 Å². The van der Waals surface area contributed by atoms with E-state index in [0.717, 1.165) is 42.9 Å². The Balaban J connectivity index is 1.49. The number of nitrogens with zero attached hydrogens (tertiary/aromatic N) is 3. The molecule has 5 nitrogen and oxygen atoms in total. The van der Waals surface area contributed by atoms with Crippen molar-refractivity contribution in [1.82, 2.24) is 10.2 Å². The molecule has 1 atom stereocenters. The first-order valence-electron chi connectivity index (χ1n) is 12.1. The van der Waals surface area contributed by atoms with E-state index >= 15 is 0 Å². The summed E-state index contributed by atoms with van der Waals surface area (Å²) in [5, 5.41) is 3.22. The second kappa shape index (κ2) is 10.7. The lowest BCUT2D eigenvalue weighted by Gasteiger charge is -2.40. The maximum atomic E-state index is 13.0. The van der Waals surface area contributed by atoms with Crippen LogP contribution in [-0.4, -0.2) is 57.6 Å². The fourth-order valence-corrected chi connectivity index (χ4v) is 4.78. The van der Waals surface area contributed by atoms with Crippen LogP contribution < -0.4 is 15.1 Å². The Morgan fingerprint density at radius 2 is 1.50 bits per heavy atom. The maximum Gasteiger partial charge on any atom is 0.251 e. The number of nitrogens with one attached hydrogen (secondary N) is 1. The van der Waals surface area contributed by atoms with E-state index in [1.807, 2.05) is 26.0 Å². The van der Waals surface area contributed by atoms with Gasteiger partial charge in [-0.05, 0) is 55.8 Å². The fraction of sp³-hybridized carbons (Fsp3) is 0.345. The molecule has 1 aliphatic heterocycles. The van der Waals surface area contributed by atoms with E-state index in [4.69, 9.17) is 0 Å². The molecule has 0 radical (unpaired) electrons. The molecule has 1 aliphatic rings. The molecule has 1 saturated heterocycles. The number of hydrogen-bond acceptors (Lipinski definition) is 4. The fourth-order valence-electron chi connectivity index (χ4n) is 4.78. The SMILES string of the molecule is Cc1cc(C)cc(C(=O)NCC(c2ccc(N(C)C)cc2)N2CCN(c3ccccc3)CC2)c1. The number of rotatable bonds is 7. The summed E-state index contributed by atoms with van der Waals surface area (Å²) < 4.78 is 0. The molecule has 3 aromatic carbocycles. The van der Waals surface area contributed by atoms with Crippen molar-refractivity contribution in [3.63, 3.8) is 0 Å². The van der Waals surface area contributed by atoms with Gasteiger partial charge in [-0.3, -0.25) is 9.69 Å². The van der Waals surface area contributed by atoms with Crippen LogP contribution in [0, 0.1) is 13.8 Å². The molecular formula is C29H36N4O. The summed E-state index contributed by atoms with van der Waals surface area (Å²) in [5.74, 6) is -0.00960. The summed E-state index contributed by atoms with van der Waals surface area (Å²) in [6.45, 7) is 8.50. The Morgan fingerprint density at radius 3 is 2.09 bits per heavy atom. The Morgan fingerprint density at radius 1 is 0.882 bits per heavy atom. The van der Waals surface area contributed by atoms with Crippen LogP contribution in [0.1, 0.15) is 33.1 Å². The van der Waals surface area contributed by atoms with Gasteiger partial charge in [0, 0.05) is 63.8 Å². The minimum atomic E-state index is -0.00960. The standard InChI is InChI=1S/C29H36N4O/c1-22-18-23(2)20-25(19-22)29(34)30-21-28(24-10-12-26(13-11-24)31(3)4)33-16-14-32(15-17-33)27-8-6-5-7-9-27/h5-13,18-20,28H,14-17,21H2,1-4H3,(H,30,34). The summed E-state index contributed by atoms with van der Waals surface area (Å²) in [4.78, 5) is 20.1. The Labute approximate surface area is 204 Å². The summed E-state index contributed by atoms with van der Waals surface area (Å²) in [5.41, 5.74) is 6.64. The zero-order chi connectivity index (χ0) is 24.1. The predicted octanol–water partition coefficient (Wildman–Crippen LogP) is 4.66. The number of piperazine rings is 1. The second-order valence-electron chi connectivity index (χ2n) is 9.45. The zero-order valence-electron chi connectivity index (χ0n) is 20.8. The van der Waals surface area contributed by atoms with E-state index in [0.29, 0.717) is 6.54 Å². The first kappa shape index (κ1) is 23.8. The molecule has 1 fully saturated rings. The highest BCUT2D eigenvalue weighted by atomic mass is 16.1. The first-order chi connectivity index (χ1) is 16.4. The summed E-state index contributed by atoms with van der Waals surface area (Å²) in [6, 6.07) is 25.5. The Kier molecular flexibility index (Phi) is 7.53. The predicted molar refractivity (Wildman–Crippen MR) is 142 cm³/mol. The molecule has 1 amide bonds. The van der Waals surface area contributed by atoms with Gasteiger partial charge >= 0.3 is 0 Å². The van der Waals surface area contributed by atoms with Crippen LogP contribution >= 0.6 is 0 Å². The highest BCUT2D eigenvalue weighted by molar-refractivity contribution is 5.94. The van der Waals surface area contributed by atoms with Crippen LogP contribution in [-0.2, 0) is 0 Å². The third kappa shape index (κ3) is 5.78. The smallest absolute Gasteiger partial charge is 0.251 e. The van der Waals surface area contributed by atoms with E-state index in [-0.39, 0.29) is 11.9 Å². The monoisotopic (exact) mass is 456 g/mol. The Bertz CT molecular complexity index is 1070. The highest BCUT2D eigenvalue weighted by Crippen LogP contribution is 2.26. The van der Waals surface area contributed by atoms with Gasteiger partial charge in [0.05, 0.1) is 6.04 Å². The molecule has 34 heavy (non-hydrogen) atoms. The van der Waals surface area contributed by atoms with Crippen molar-refractivity contribution in [3.05, 3.63) is 95.1 Å². The topological polar surface area (TPSA) is 38.8 Å². The molecule has 4 rings (SSSR count). The molecule has 0 saturated carbocycles. The molecule has 0 bridgehead atoms. The van der Waals surface area contributed by atoms with Crippen LogP contribution in [0.5, 0.6) is 0 Å². The van der Waals surface area contributed by atoms with Crippen molar-refractivity contribution in [1.29, 1.82) is 0 Å². The van der Waals surface area contributed by atoms with Crippen LogP contribution in [0.25, 0.3) is 0 Å². The van der Waals surface area contributed by atoms with Crippen LogP contribution in [0.15, 0.2) is 72.8 Å². The highest BCUT2D eigenvalue weighted by Gasteiger charge is 2.26. The van der Waals surface area contributed by atoms with Crippen molar-refractivity contribution in [3.8, 4) is 0 Å². The van der Waals surface area contributed by atoms with Crippen molar-refractivity contribution in [2.24, 2.45) is 0 Å². The van der Waals surface area contributed by atoms with E-state index in [1.165, 1.54) is 16.9 Å². The number of para-hydroxylation sites is 1. The van der Waals surface area contributed by atoms with Crippen molar-refractivity contribution in [2.45, 2.75) is 19.9 Å². The van der Waals surface area contributed by atoms with Crippen LogP contribution in [0.4, 0.5) is 11.4 Å². The van der Waals surface area contributed by atoms with Crippen molar-refractivity contribution in [2.75, 3.05) is 56.6 Å². The second-order valence-corrected chi connectivity index (χ2v) is 9.45. The van der Waals surface area contributed by atoms with E-state index in [1.54, 1.807) is 0 Å². The van der Waals surface area contributed by atoms with Gasteiger partial charge in [0.15, 0.2) is 0 Å². The quantitative estimate of drug-likeness (QED) is 0.561. The average Bonchev–Trinajstić information content (AvgIpc) is 2.84. The number of hydrogen-bond donors (Lipinski definition) is 1. The first-order valence-corrected chi connectivity index (χ1v) is 12.1. The van der Waals surface area contributed by atoms with Crippen molar-refractivity contribution >= 4 is 17.3 Å². The summed E-state index contributed by atoms with van der Waals surface area (Å²) in [7, 11) is 4.11. The molecule has 3 aromatic rings. The minimum Gasteiger partial charge on any atom is -0.378 e. The molecule has 178 valence electrons. The minimum absolute atomic E-state index is 0.00960. The molecule has 0 aromatic heterocycles. The van der Waals surface area contributed by atoms with Crippen LogP contribution in [0.3, 0.4) is 0 Å². The van der Waals surface area contributed by atoms with Gasteiger partial charge in [-0.1, -0.05) is 47.5 Å². The van der Waals surface area contributed by atoms with Crippen LogP contribution in [0.2, 0.25) is 0 Å². The lowest BCUT2D eigenvalue weighted by molar-refractivity contribution is 0.0930. The lowest BCUT2D eigenvalue weighted by Crippen LogP contribution is -2.50. The zero-order valence-corrected chi connectivity index (χ0v) is 20.8. The van der Waals surface area contributed by atoms with Gasteiger partial charge < -0.3 is 15.1 Å². The van der Waals surface area contributed by atoms with Gasteiger partial charge in [-0.2, -0.15) is 0 Å². The number of amides is 1. The van der Waals surface area contributed by atoms with E-state index < -0.39 is 0 Å². The van der Waals surface area contributed by atoms with Crippen molar-refractivity contribution < 1.29 is 4.79 Å². The third-order valence-corrected chi connectivity index (χ3v) is 6.61. The molecule has 1 heterocycles. The summed E-state index contributed by atoms with van der Waals surface area (Å²) in [6.07, 6.45) is 0. The largest absolute Gasteiger partial charge is 0.378 e. The van der Waals surface area contributed by atoms with Gasteiger partial charge in [0.1, 0.15) is 0 Å². The number of carbonyl (C=O) groups excluding carboxylic acids is 1. The molecular weight excluding hydrogens is 420 g/mol. The molecule has 5 heteroatoms. The van der Waals surface area contributed by atoms with E-state index in [2.05, 4.69) is 94.8 Å². The number of benzene rings is 3. The summed E-state index contributed by atoms with van der Waals surface area (Å²) >= 11 is 0. The normalized spacial score (nSPS) is 15.1. The molecule has 0 spiro atoms. The number of anilines is 2. The van der Waals surface area contributed by atoms with Gasteiger partial charge in [-0.15, -0.1) is 0 Å². The number of aryl methyl sites for hydroxylation is 2. The molecule has 1 N–H and O–H groups in total. The third-order valence-electron chi connectivity index (χ3n) is 6.61. The lowest BCUT2D eigenvalue weighted by atomic mass is 10.0. The Hall–Kier alpha value is -3.31. The number of carbonyl (C=O) groups is 1. The maximum absolute atomic E-state index is 13.0. The average molecular weight is 457 g/mol. The molecule has 0 aliphatic carbocycles. The van der Waals surface area contributed by atoms with Gasteiger partial charge in [0.25, 0.3) is 5.91 Å².